The summed E-state index contributed by atoms with van der Waals surface area (Å²) in [6.07, 6.45) is 0.737. The molecule has 0 aliphatic carbocycles. The van der Waals surface area contributed by atoms with Crippen LogP contribution >= 0.6 is 0 Å². The molecule has 4 nitrogen and oxygen atoms in total. The summed E-state index contributed by atoms with van der Waals surface area (Å²) in [6, 6.07) is 5.78. The summed E-state index contributed by atoms with van der Waals surface area (Å²) in [5.41, 5.74) is 1.07. The molecule has 1 aromatic rings. The molecule has 0 bridgehead atoms. The molecular formula is C12H19NO3. The average molecular weight is 225 g/mol. The Balaban J connectivity index is 2.85. The standard InChI is InChI=1S/C12H19NO3/c1-13-10(8-14)4-9-5-11(15-2)7-12(6-9)16-3/h5-7,10,13-14H,4,8H2,1-3H3. The van der Waals surface area contributed by atoms with Crippen LogP contribution in [0.5, 0.6) is 11.5 Å². The Kier molecular flexibility index (Phi) is 5.08. The molecule has 16 heavy (non-hydrogen) atoms. The normalized spacial score (nSPS) is 12.2. The summed E-state index contributed by atoms with van der Waals surface area (Å²) >= 11 is 0. The summed E-state index contributed by atoms with van der Waals surface area (Å²) in [6.45, 7) is 0.107. The lowest BCUT2D eigenvalue weighted by atomic mass is 10.1. The Labute approximate surface area is 96.2 Å². The molecule has 1 rings (SSSR count). The van der Waals surface area contributed by atoms with Gasteiger partial charge in [-0.3, -0.25) is 0 Å². The summed E-state index contributed by atoms with van der Waals surface area (Å²) in [4.78, 5) is 0. The summed E-state index contributed by atoms with van der Waals surface area (Å²) in [5, 5.41) is 12.2. The molecule has 0 aromatic heterocycles. The van der Waals surface area contributed by atoms with Gasteiger partial charge in [0.05, 0.1) is 20.8 Å². The fourth-order valence-corrected chi connectivity index (χ4v) is 1.53. The second-order valence-electron chi connectivity index (χ2n) is 3.59. The second kappa shape index (κ2) is 6.35. The fourth-order valence-electron chi connectivity index (χ4n) is 1.53. The molecule has 0 saturated heterocycles. The summed E-state index contributed by atoms with van der Waals surface area (Å²) in [7, 11) is 5.08. The van der Waals surface area contributed by atoms with Crippen LogP contribution in [0, 0.1) is 0 Å². The van der Waals surface area contributed by atoms with Crippen molar-refractivity contribution < 1.29 is 14.6 Å². The molecule has 0 radical (unpaired) electrons. The van der Waals surface area contributed by atoms with Gasteiger partial charge in [-0.1, -0.05) is 0 Å². The molecule has 2 N–H and O–H groups in total. The predicted molar refractivity (Wildman–Crippen MR) is 63.2 cm³/mol. The zero-order valence-corrected chi connectivity index (χ0v) is 9.99. The maximum Gasteiger partial charge on any atom is 0.122 e. The van der Waals surface area contributed by atoms with Gasteiger partial charge in [-0.15, -0.1) is 0 Å². The van der Waals surface area contributed by atoms with Crippen molar-refractivity contribution in [2.75, 3.05) is 27.9 Å². The van der Waals surface area contributed by atoms with Crippen molar-refractivity contribution in [2.24, 2.45) is 0 Å². The van der Waals surface area contributed by atoms with E-state index in [1.54, 1.807) is 14.2 Å². The topological polar surface area (TPSA) is 50.7 Å². The SMILES string of the molecule is CNC(CO)Cc1cc(OC)cc(OC)c1. The van der Waals surface area contributed by atoms with Gasteiger partial charge in [0.25, 0.3) is 0 Å². The van der Waals surface area contributed by atoms with Gasteiger partial charge in [0.15, 0.2) is 0 Å². The van der Waals surface area contributed by atoms with E-state index in [4.69, 9.17) is 14.6 Å². The zero-order valence-electron chi connectivity index (χ0n) is 9.99. The second-order valence-corrected chi connectivity index (χ2v) is 3.59. The Morgan fingerprint density at radius 2 is 1.75 bits per heavy atom. The molecule has 0 aliphatic heterocycles. The lowest BCUT2D eigenvalue weighted by Gasteiger charge is -2.14. The first-order valence-corrected chi connectivity index (χ1v) is 5.23. The highest BCUT2D eigenvalue weighted by Gasteiger charge is 2.08. The predicted octanol–water partition coefficient (Wildman–Crippen LogP) is 0.827. The van der Waals surface area contributed by atoms with E-state index in [9.17, 15) is 0 Å². The number of hydrogen-bond donors (Lipinski definition) is 2. The van der Waals surface area contributed by atoms with E-state index in [0.717, 1.165) is 23.5 Å². The maximum atomic E-state index is 9.12. The molecular weight excluding hydrogens is 206 g/mol. The molecule has 0 fully saturated rings. The van der Waals surface area contributed by atoms with Gasteiger partial charge in [0, 0.05) is 12.1 Å². The van der Waals surface area contributed by atoms with Crippen LogP contribution in [0.1, 0.15) is 5.56 Å². The van der Waals surface area contributed by atoms with E-state index in [-0.39, 0.29) is 12.6 Å². The molecule has 0 spiro atoms. The molecule has 1 atom stereocenters. The largest absolute Gasteiger partial charge is 0.497 e. The third-order valence-corrected chi connectivity index (χ3v) is 2.52. The van der Waals surface area contributed by atoms with Crippen molar-refractivity contribution in [1.29, 1.82) is 0 Å². The molecule has 0 saturated carbocycles. The number of aliphatic hydroxyl groups excluding tert-OH is 1. The number of likely N-dealkylation sites (N-methyl/N-ethyl adjacent to an activating group) is 1. The fraction of sp³-hybridized carbons (Fsp3) is 0.500. The number of rotatable bonds is 6. The Bertz CT molecular complexity index is 302. The molecule has 0 aliphatic rings. The minimum atomic E-state index is 0.0526. The quantitative estimate of drug-likeness (QED) is 0.753. The number of nitrogens with one attached hydrogen (secondary N) is 1. The maximum absolute atomic E-state index is 9.12. The minimum absolute atomic E-state index is 0.0526. The van der Waals surface area contributed by atoms with E-state index in [1.807, 2.05) is 25.2 Å². The molecule has 90 valence electrons. The van der Waals surface area contributed by atoms with E-state index >= 15 is 0 Å². The average Bonchev–Trinajstić information content (AvgIpc) is 2.35. The van der Waals surface area contributed by atoms with Crippen LogP contribution in [0.4, 0.5) is 0 Å². The molecule has 0 heterocycles. The van der Waals surface area contributed by atoms with Crippen molar-refractivity contribution in [3.63, 3.8) is 0 Å². The van der Waals surface area contributed by atoms with Gasteiger partial charge in [-0.2, -0.15) is 0 Å². The lowest BCUT2D eigenvalue weighted by molar-refractivity contribution is 0.248. The van der Waals surface area contributed by atoms with Crippen molar-refractivity contribution in [2.45, 2.75) is 12.5 Å². The van der Waals surface area contributed by atoms with Gasteiger partial charge in [0.1, 0.15) is 11.5 Å². The van der Waals surface area contributed by atoms with Crippen LogP contribution in [0.25, 0.3) is 0 Å². The van der Waals surface area contributed by atoms with Crippen molar-refractivity contribution in [3.05, 3.63) is 23.8 Å². The first-order valence-electron chi connectivity index (χ1n) is 5.23. The summed E-state index contributed by atoms with van der Waals surface area (Å²) in [5.74, 6) is 1.53. The van der Waals surface area contributed by atoms with Gasteiger partial charge in [-0.05, 0) is 31.2 Å². The molecule has 0 amide bonds. The third-order valence-electron chi connectivity index (χ3n) is 2.52. The minimum Gasteiger partial charge on any atom is -0.497 e. The van der Waals surface area contributed by atoms with Gasteiger partial charge >= 0.3 is 0 Å². The van der Waals surface area contributed by atoms with E-state index < -0.39 is 0 Å². The number of aliphatic hydroxyl groups is 1. The van der Waals surface area contributed by atoms with Crippen LogP contribution < -0.4 is 14.8 Å². The monoisotopic (exact) mass is 225 g/mol. The Hall–Kier alpha value is -1.26. The first kappa shape index (κ1) is 12.8. The third kappa shape index (κ3) is 3.40. The molecule has 1 aromatic carbocycles. The number of hydrogen-bond acceptors (Lipinski definition) is 4. The highest BCUT2D eigenvalue weighted by molar-refractivity contribution is 5.38. The van der Waals surface area contributed by atoms with E-state index in [1.165, 1.54) is 0 Å². The van der Waals surface area contributed by atoms with Crippen LogP contribution in [0.2, 0.25) is 0 Å². The highest BCUT2D eigenvalue weighted by atomic mass is 16.5. The van der Waals surface area contributed by atoms with Crippen molar-refractivity contribution >= 4 is 0 Å². The van der Waals surface area contributed by atoms with Gasteiger partial charge < -0.3 is 19.9 Å². The Morgan fingerprint density at radius 1 is 1.19 bits per heavy atom. The highest BCUT2D eigenvalue weighted by Crippen LogP contribution is 2.23. The zero-order chi connectivity index (χ0) is 12.0. The number of ether oxygens (including phenoxy) is 2. The lowest BCUT2D eigenvalue weighted by Crippen LogP contribution is -2.31. The number of benzene rings is 1. The van der Waals surface area contributed by atoms with Crippen molar-refractivity contribution in [3.8, 4) is 11.5 Å². The molecule has 4 heteroatoms. The summed E-state index contributed by atoms with van der Waals surface area (Å²) < 4.78 is 10.4. The van der Waals surface area contributed by atoms with Gasteiger partial charge in [-0.25, -0.2) is 0 Å². The Morgan fingerprint density at radius 3 is 2.12 bits per heavy atom. The smallest absolute Gasteiger partial charge is 0.122 e. The first-order chi connectivity index (χ1) is 7.73. The van der Waals surface area contributed by atoms with E-state index in [0.29, 0.717) is 0 Å². The number of methoxy groups -OCH3 is 2. The molecule has 1 unspecified atom stereocenters. The van der Waals surface area contributed by atoms with Crippen LogP contribution in [-0.2, 0) is 6.42 Å². The van der Waals surface area contributed by atoms with Crippen LogP contribution in [0.15, 0.2) is 18.2 Å². The van der Waals surface area contributed by atoms with Crippen LogP contribution in [-0.4, -0.2) is 39.0 Å². The van der Waals surface area contributed by atoms with Gasteiger partial charge in [0.2, 0.25) is 0 Å². The van der Waals surface area contributed by atoms with Crippen LogP contribution in [0.3, 0.4) is 0 Å². The van der Waals surface area contributed by atoms with Crippen molar-refractivity contribution in [1.82, 2.24) is 5.32 Å². The van der Waals surface area contributed by atoms with E-state index in [2.05, 4.69) is 5.32 Å².